The predicted molar refractivity (Wildman–Crippen MR) is 91.8 cm³/mol. The van der Waals surface area contributed by atoms with Crippen molar-refractivity contribution < 1.29 is 9.90 Å². The van der Waals surface area contributed by atoms with E-state index in [-0.39, 0.29) is 11.8 Å². The highest BCUT2D eigenvalue weighted by atomic mass is 16.3. The van der Waals surface area contributed by atoms with Crippen molar-refractivity contribution in [1.82, 2.24) is 4.90 Å². The Morgan fingerprint density at radius 2 is 1.65 bits per heavy atom. The van der Waals surface area contributed by atoms with Gasteiger partial charge in [-0.25, -0.2) is 0 Å². The number of carbonyl (C=O) groups is 1. The van der Waals surface area contributed by atoms with Gasteiger partial charge in [-0.15, -0.1) is 0 Å². The van der Waals surface area contributed by atoms with Crippen molar-refractivity contribution in [2.45, 2.75) is 51.6 Å². The SMILES string of the molecule is CC1CCC(C(=O)N2CCC(C(O)c3ccccc3)CC2)CC1. The van der Waals surface area contributed by atoms with Gasteiger partial charge in [0, 0.05) is 19.0 Å². The molecular formula is C20H29NO2. The highest BCUT2D eigenvalue weighted by Crippen LogP contribution is 2.33. The van der Waals surface area contributed by atoms with Gasteiger partial charge in [-0.1, -0.05) is 37.3 Å². The van der Waals surface area contributed by atoms with Gasteiger partial charge in [0.05, 0.1) is 6.10 Å². The highest BCUT2D eigenvalue weighted by Gasteiger charge is 2.32. The number of hydrogen-bond donors (Lipinski definition) is 1. The Labute approximate surface area is 139 Å². The first-order valence-corrected chi connectivity index (χ1v) is 9.17. The molecular weight excluding hydrogens is 286 g/mol. The summed E-state index contributed by atoms with van der Waals surface area (Å²) in [5, 5.41) is 10.5. The number of hydrogen-bond acceptors (Lipinski definition) is 2. The monoisotopic (exact) mass is 315 g/mol. The second-order valence-electron chi connectivity index (χ2n) is 7.48. The summed E-state index contributed by atoms with van der Waals surface area (Å²) in [6.45, 7) is 3.90. The van der Waals surface area contributed by atoms with Gasteiger partial charge in [0.1, 0.15) is 0 Å². The first-order chi connectivity index (χ1) is 11.1. The second-order valence-corrected chi connectivity index (χ2v) is 7.48. The molecule has 1 aliphatic heterocycles. The molecule has 3 heteroatoms. The van der Waals surface area contributed by atoms with E-state index in [4.69, 9.17) is 0 Å². The molecule has 1 aromatic rings. The predicted octanol–water partition coefficient (Wildman–Crippen LogP) is 3.78. The lowest BCUT2D eigenvalue weighted by Gasteiger charge is -2.37. The zero-order chi connectivity index (χ0) is 16.2. The summed E-state index contributed by atoms with van der Waals surface area (Å²) in [5.41, 5.74) is 0.999. The fraction of sp³-hybridized carbons (Fsp3) is 0.650. The van der Waals surface area contributed by atoms with Crippen LogP contribution in [0, 0.1) is 17.8 Å². The van der Waals surface area contributed by atoms with Crippen molar-refractivity contribution >= 4 is 5.91 Å². The number of amides is 1. The molecule has 1 heterocycles. The topological polar surface area (TPSA) is 40.5 Å². The van der Waals surface area contributed by atoms with Crippen molar-refractivity contribution in [3.8, 4) is 0 Å². The molecule has 0 bridgehead atoms. The molecule has 1 saturated heterocycles. The Hall–Kier alpha value is -1.35. The minimum absolute atomic E-state index is 0.252. The largest absolute Gasteiger partial charge is 0.388 e. The summed E-state index contributed by atoms with van der Waals surface area (Å²) in [4.78, 5) is 14.7. The highest BCUT2D eigenvalue weighted by molar-refractivity contribution is 5.79. The van der Waals surface area contributed by atoms with Crippen molar-refractivity contribution in [2.75, 3.05) is 13.1 Å². The van der Waals surface area contributed by atoms with Crippen LogP contribution in [0.3, 0.4) is 0 Å². The average Bonchev–Trinajstić information content (AvgIpc) is 2.62. The van der Waals surface area contributed by atoms with Crippen LogP contribution in [0.5, 0.6) is 0 Å². The molecule has 0 spiro atoms. The lowest BCUT2D eigenvalue weighted by atomic mass is 9.81. The number of aliphatic hydroxyl groups excluding tert-OH is 1. The zero-order valence-electron chi connectivity index (χ0n) is 14.2. The van der Waals surface area contributed by atoms with Gasteiger partial charge in [-0.05, 0) is 55.9 Å². The minimum atomic E-state index is -0.399. The maximum atomic E-state index is 12.7. The van der Waals surface area contributed by atoms with Crippen LogP contribution in [-0.2, 0) is 4.79 Å². The van der Waals surface area contributed by atoms with Gasteiger partial charge in [0.2, 0.25) is 5.91 Å². The lowest BCUT2D eigenvalue weighted by molar-refractivity contribution is -0.138. The Morgan fingerprint density at radius 3 is 2.26 bits per heavy atom. The number of rotatable bonds is 3. The molecule has 1 atom stereocenters. The third-order valence-corrected chi connectivity index (χ3v) is 5.80. The van der Waals surface area contributed by atoms with Crippen LogP contribution in [0.4, 0.5) is 0 Å². The number of benzene rings is 1. The molecule has 2 aliphatic rings. The fourth-order valence-electron chi connectivity index (χ4n) is 4.12. The molecule has 1 N–H and O–H groups in total. The molecule has 23 heavy (non-hydrogen) atoms. The van der Waals surface area contributed by atoms with E-state index in [9.17, 15) is 9.90 Å². The number of piperidine rings is 1. The Kier molecular flexibility index (Phi) is 5.37. The molecule has 1 aromatic carbocycles. The summed E-state index contributed by atoms with van der Waals surface area (Å²) in [6, 6.07) is 9.90. The maximum absolute atomic E-state index is 12.7. The van der Waals surface area contributed by atoms with Gasteiger partial charge >= 0.3 is 0 Å². The summed E-state index contributed by atoms with van der Waals surface area (Å²) >= 11 is 0. The van der Waals surface area contributed by atoms with Crippen LogP contribution >= 0.6 is 0 Å². The summed E-state index contributed by atoms with van der Waals surface area (Å²) < 4.78 is 0. The van der Waals surface area contributed by atoms with E-state index in [1.165, 1.54) is 12.8 Å². The van der Waals surface area contributed by atoms with E-state index in [1.807, 2.05) is 30.3 Å². The molecule has 0 aromatic heterocycles. The molecule has 1 saturated carbocycles. The van der Waals surface area contributed by atoms with E-state index in [0.717, 1.165) is 50.3 Å². The van der Waals surface area contributed by atoms with E-state index >= 15 is 0 Å². The summed E-state index contributed by atoms with van der Waals surface area (Å²) in [7, 11) is 0. The average molecular weight is 315 g/mol. The molecule has 126 valence electrons. The second kappa shape index (κ2) is 7.48. The number of likely N-dealkylation sites (tertiary alicyclic amines) is 1. The first-order valence-electron chi connectivity index (χ1n) is 9.17. The van der Waals surface area contributed by atoms with Crippen LogP contribution in [0.15, 0.2) is 30.3 Å². The third-order valence-electron chi connectivity index (χ3n) is 5.80. The quantitative estimate of drug-likeness (QED) is 0.922. The number of nitrogens with zero attached hydrogens (tertiary/aromatic N) is 1. The molecule has 1 aliphatic carbocycles. The van der Waals surface area contributed by atoms with Crippen molar-refractivity contribution in [1.29, 1.82) is 0 Å². The summed E-state index contributed by atoms with van der Waals surface area (Å²) in [6.07, 6.45) is 5.93. The van der Waals surface area contributed by atoms with Gasteiger partial charge < -0.3 is 10.0 Å². The van der Waals surface area contributed by atoms with Crippen molar-refractivity contribution in [3.05, 3.63) is 35.9 Å². The maximum Gasteiger partial charge on any atom is 0.225 e. The van der Waals surface area contributed by atoms with Gasteiger partial charge in [-0.3, -0.25) is 4.79 Å². The van der Waals surface area contributed by atoms with E-state index in [2.05, 4.69) is 11.8 Å². The third kappa shape index (κ3) is 3.95. The fourth-order valence-corrected chi connectivity index (χ4v) is 4.12. The van der Waals surface area contributed by atoms with E-state index in [0.29, 0.717) is 5.91 Å². The van der Waals surface area contributed by atoms with Crippen LogP contribution in [0.25, 0.3) is 0 Å². The molecule has 3 nitrogen and oxygen atoms in total. The van der Waals surface area contributed by atoms with E-state index < -0.39 is 6.10 Å². The molecule has 0 radical (unpaired) electrons. The Balaban J connectivity index is 1.51. The molecule has 1 unspecified atom stereocenters. The number of aliphatic hydroxyl groups is 1. The van der Waals surface area contributed by atoms with Gasteiger partial charge in [0.15, 0.2) is 0 Å². The molecule has 1 amide bonds. The smallest absolute Gasteiger partial charge is 0.225 e. The van der Waals surface area contributed by atoms with Crippen LogP contribution in [-0.4, -0.2) is 29.0 Å². The Bertz CT molecular complexity index is 500. The molecule has 3 rings (SSSR count). The lowest BCUT2D eigenvalue weighted by Crippen LogP contribution is -2.43. The zero-order valence-corrected chi connectivity index (χ0v) is 14.2. The van der Waals surface area contributed by atoms with Crippen molar-refractivity contribution in [3.63, 3.8) is 0 Å². The normalized spacial score (nSPS) is 27.7. The van der Waals surface area contributed by atoms with Gasteiger partial charge in [-0.2, -0.15) is 0 Å². The standard InChI is InChI=1S/C20H29NO2/c1-15-7-9-18(10-8-15)20(23)21-13-11-17(12-14-21)19(22)16-5-3-2-4-6-16/h2-6,15,17-19,22H,7-14H2,1H3. The number of carbonyl (C=O) groups excluding carboxylic acids is 1. The Morgan fingerprint density at radius 1 is 1.04 bits per heavy atom. The minimum Gasteiger partial charge on any atom is -0.388 e. The van der Waals surface area contributed by atoms with Crippen LogP contribution in [0.1, 0.15) is 57.1 Å². The molecule has 2 fully saturated rings. The van der Waals surface area contributed by atoms with Crippen LogP contribution < -0.4 is 0 Å². The van der Waals surface area contributed by atoms with Crippen molar-refractivity contribution in [2.24, 2.45) is 17.8 Å². The summed E-state index contributed by atoms with van der Waals surface area (Å²) in [5.74, 6) is 1.67. The van der Waals surface area contributed by atoms with E-state index in [1.54, 1.807) is 0 Å². The van der Waals surface area contributed by atoms with Crippen LogP contribution in [0.2, 0.25) is 0 Å². The first kappa shape index (κ1) is 16.5. The van der Waals surface area contributed by atoms with Gasteiger partial charge in [0.25, 0.3) is 0 Å².